The van der Waals surface area contributed by atoms with E-state index in [1.807, 2.05) is 37.8 Å². The lowest BCUT2D eigenvalue weighted by atomic mass is 9.83. The SMILES string of the molecule is CCOCCOC1CCOC2(CCN(C(=O)c3cc(C)cc(C)c3)CC2)C1. The van der Waals surface area contributed by atoms with E-state index in [2.05, 4.69) is 6.07 Å². The Labute approximate surface area is 163 Å². The smallest absolute Gasteiger partial charge is 0.253 e. The van der Waals surface area contributed by atoms with Crippen molar-refractivity contribution in [1.82, 2.24) is 4.90 Å². The first-order chi connectivity index (χ1) is 13.0. The molecule has 1 aromatic rings. The minimum absolute atomic E-state index is 0.131. The summed E-state index contributed by atoms with van der Waals surface area (Å²) >= 11 is 0. The first kappa shape index (κ1) is 20.3. The first-order valence-electron chi connectivity index (χ1n) is 10.2. The molecule has 0 bridgehead atoms. The lowest BCUT2D eigenvalue weighted by Gasteiger charge is -2.46. The molecule has 0 aromatic heterocycles. The number of carbonyl (C=O) groups excluding carboxylic acids is 1. The van der Waals surface area contributed by atoms with Crippen LogP contribution in [0.4, 0.5) is 0 Å². The maximum absolute atomic E-state index is 12.9. The van der Waals surface area contributed by atoms with E-state index in [1.165, 1.54) is 0 Å². The van der Waals surface area contributed by atoms with Crippen molar-refractivity contribution in [1.29, 1.82) is 0 Å². The van der Waals surface area contributed by atoms with E-state index in [4.69, 9.17) is 14.2 Å². The monoisotopic (exact) mass is 375 g/mol. The van der Waals surface area contributed by atoms with Gasteiger partial charge in [-0.1, -0.05) is 17.2 Å². The van der Waals surface area contributed by atoms with Crippen LogP contribution >= 0.6 is 0 Å². The van der Waals surface area contributed by atoms with Gasteiger partial charge in [0.15, 0.2) is 0 Å². The van der Waals surface area contributed by atoms with Crippen molar-refractivity contribution < 1.29 is 19.0 Å². The number of amides is 1. The molecule has 0 saturated carbocycles. The van der Waals surface area contributed by atoms with Gasteiger partial charge in [0.1, 0.15) is 0 Å². The Kier molecular flexibility index (Phi) is 6.90. The predicted octanol–water partition coefficient (Wildman–Crippen LogP) is 3.51. The van der Waals surface area contributed by atoms with Gasteiger partial charge < -0.3 is 19.1 Å². The van der Waals surface area contributed by atoms with E-state index in [0.29, 0.717) is 13.2 Å². The number of carbonyl (C=O) groups is 1. The van der Waals surface area contributed by atoms with Crippen LogP contribution in [0, 0.1) is 13.8 Å². The quantitative estimate of drug-likeness (QED) is 0.714. The summed E-state index contributed by atoms with van der Waals surface area (Å²) in [6, 6.07) is 6.07. The molecule has 2 heterocycles. The van der Waals surface area contributed by atoms with E-state index < -0.39 is 0 Å². The third-order valence-electron chi connectivity index (χ3n) is 5.66. The van der Waals surface area contributed by atoms with Gasteiger partial charge in [-0.05, 0) is 52.2 Å². The number of nitrogens with zero attached hydrogens (tertiary/aromatic N) is 1. The molecule has 5 heteroatoms. The fraction of sp³-hybridized carbons (Fsp3) is 0.682. The van der Waals surface area contributed by atoms with Crippen molar-refractivity contribution in [2.24, 2.45) is 0 Å². The second kappa shape index (κ2) is 9.18. The second-order valence-electron chi connectivity index (χ2n) is 7.88. The molecular weight excluding hydrogens is 342 g/mol. The van der Waals surface area contributed by atoms with Crippen molar-refractivity contribution in [3.8, 4) is 0 Å². The van der Waals surface area contributed by atoms with Crippen LogP contribution in [0.5, 0.6) is 0 Å². The number of piperidine rings is 1. The highest BCUT2D eigenvalue weighted by Crippen LogP contribution is 2.36. The van der Waals surface area contributed by atoms with Gasteiger partial charge in [0, 0.05) is 38.3 Å². The molecule has 5 nitrogen and oxygen atoms in total. The van der Waals surface area contributed by atoms with E-state index in [-0.39, 0.29) is 17.6 Å². The molecule has 0 aliphatic carbocycles. The van der Waals surface area contributed by atoms with Gasteiger partial charge in [-0.25, -0.2) is 0 Å². The summed E-state index contributed by atoms with van der Waals surface area (Å²) in [5.74, 6) is 0.136. The van der Waals surface area contributed by atoms with E-state index in [1.54, 1.807) is 0 Å². The van der Waals surface area contributed by atoms with E-state index in [0.717, 1.165) is 68.7 Å². The number of rotatable bonds is 6. The summed E-state index contributed by atoms with van der Waals surface area (Å²) in [5.41, 5.74) is 2.93. The van der Waals surface area contributed by atoms with Crippen molar-refractivity contribution in [3.63, 3.8) is 0 Å². The molecule has 3 rings (SSSR count). The highest BCUT2D eigenvalue weighted by Gasteiger charge is 2.41. The molecule has 2 fully saturated rings. The maximum Gasteiger partial charge on any atom is 0.253 e. The third kappa shape index (κ3) is 5.31. The van der Waals surface area contributed by atoms with Crippen LogP contribution in [-0.4, -0.2) is 62.0 Å². The largest absolute Gasteiger partial charge is 0.379 e. The molecule has 1 unspecified atom stereocenters. The standard InChI is InChI=1S/C22H33NO4/c1-4-25-11-12-26-20-5-10-27-22(16-20)6-8-23(9-7-22)21(24)19-14-17(2)13-18(3)15-19/h13-15,20H,4-12,16H2,1-3H3. The van der Waals surface area contributed by atoms with E-state index in [9.17, 15) is 4.79 Å². The van der Waals surface area contributed by atoms with Crippen LogP contribution in [-0.2, 0) is 14.2 Å². The summed E-state index contributed by atoms with van der Waals surface area (Å²) in [5, 5.41) is 0. The van der Waals surface area contributed by atoms with Crippen molar-refractivity contribution >= 4 is 5.91 Å². The van der Waals surface area contributed by atoms with Crippen molar-refractivity contribution in [3.05, 3.63) is 34.9 Å². The number of likely N-dealkylation sites (tertiary alicyclic amines) is 1. The number of hydrogen-bond donors (Lipinski definition) is 0. The van der Waals surface area contributed by atoms with Gasteiger partial charge >= 0.3 is 0 Å². The average molecular weight is 376 g/mol. The molecule has 0 N–H and O–H groups in total. The van der Waals surface area contributed by atoms with Gasteiger partial charge in [0.2, 0.25) is 0 Å². The molecular formula is C22H33NO4. The summed E-state index contributed by atoms with van der Waals surface area (Å²) < 4.78 is 17.5. The van der Waals surface area contributed by atoms with Crippen LogP contribution in [0.2, 0.25) is 0 Å². The zero-order valence-corrected chi connectivity index (χ0v) is 17.0. The Bertz CT molecular complexity index is 617. The fourth-order valence-corrected chi connectivity index (χ4v) is 4.29. The highest BCUT2D eigenvalue weighted by atomic mass is 16.5. The number of ether oxygens (including phenoxy) is 3. The number of hydrogen-bond acceptors (Lipinski definition) is 4. The van der Waals surface area contributed by atoms with Crippen LogP contribution in [0.25, 0.3) is 0 Å². The molecule has 2 saturated heterocycles. The Morgan fingerprint density at radius 2 is 1.89 bits per heavy atom. The molecule has 150 valence electrons. The van der Waals surface area contributed by atoms with Crippen LogP contribution < -0.4 is 0 Å². The maximum atomic E-state index is 12.9. The molecule has 2 aliphatic heterocycles. The zero-order chi connectivity index (χ0) is 19.3. The normalized spacial score (nSPS) is 22.2. The molecule has 1 atom stereocenters. The van der Waals surface area contributed by atoms with Crippen LogP contribution in [0.3, 0.4) is 0 Å². The summed E-state index contributed by atoms with van der Waals surface area (Å²) in [6.07, 6.45) is 3.87. The lowest BCUT2D eigenvalue weighted by molar-refractivity contribution is -0.155. The lowest BCUT2D eigenvalue weighted by Crippen LogP contribution is -2.52. The van der Waals surface area contributed by atoms with Crippen molar-refractivity contribution in [2.75, 3.05) is 39.5 Å². The van der Waals surface area contributed by atoms with Gasteiger partial charge in [-0.3, -0.25) is 4.79 Å². The van der Waals surface area contributed by atoms with Crippen LogP contribution in [0.1, 0.15) is 54.1 Å². The number of benzene rings is 1. The third-order valence-corrected chi connectivity index (χ3v) is 5.66. The topological polar surface area (TPSA) is 48.0 Å². The van der Waals surface area contributed by atoms with E-state index >= 15 is 0 Å². The Morgan fingerprint density at radius 3 is 2.56 bits per heavy atom. The summed E-state index contributed by atoms with van der Waals surface area (Å²) in [7, 11) is 0. The van der Waals surface area contributed by atoms with Crippen LogP contribution in [0.15, 0.2) is 18.2 Å². The summed E-state index contributed by atoms with van der Waals surface area (Å²) in [6.45, 7) is 10.3. The van der Waals surface area contributed by atoms with Gasteiger partial charge in [-0.15, -0.1) is 0 Å². The summed E-state index contributed by atoms with van der Waals surface area (Å²) in [4.78, 5) is 14.9. The Balaban J connectivity index is 1.53. The van der Waals surface area contributed by atoms with Gasteiger partial charge in [0.05, 0.1) is 24.9 Å². The minimum Gasteiger partial charge on any atom is -0.379 e. The molecule has 2 aliphatic rings. The molecule has 1 aromatic carbocycles. The van der Waals surface area contributed by atoms with Gasteiger partial charge in [0.25, 0.3) is 5.91 Å². The number of aryl methyl sites for hydroxylation is 2. The molecule has 1 spiro atoms. The Morgan fingerprint density at radius 1 is 1.19 bits per heavy atom. The zero-order valence-electron chi connectivity index (χ0n) is 17.0. The highest BCUT2D eigenvalue weighted by molar-refractivity contribution is 5.94. The van der Waals surface area contributed by atoms with Gasteiger partial charge in [-0.2, -0.15) is 0 Å². The second-order valence-corrected chi connectivity index (χ2v) is 7.88. The predicted molar refractivity (Wildman–Crippen MR) is 105 cm³/mol. The molecule has 1 amide bonds. The van der Waals surface area contributed by atoms with Crippen molar-refractivity contribution in [2.45, 2.75) is 58.2 Å². The molecule has 0 radical (unpaired) electrons. The first-order valence-corrected chi connectivity index (χ1v) is 10.2. The minimum atomic E-state index is -0.131. The Hall–Kier alpha value is -1.43. The molecule has 27 heavy (non-hydrogen) atoms. The fourth-order valence-electron chi connectivity index (χ4n) is 4.29. The average Bonchev–Trinajstić information content (AvgIpc) is 2.65.